The van der Waals surface area contributed by atoms with Gasteiger partial charge in [-0.15, -0.1) is 0 Å². The molecule has 2 unspecified atom stereocenters. The van der Waals surface area contributed by atoms with Gasteiger partial charge in [0.25, 0.3) is 0 Å². The molecule has 2 atom stereocenters. The fraction of sp³-hybridized carbons (Fsp3) is 0.772. The van der Waals surface area contributed by atoms with Gasteiger partial charge in [0.05, 0.1) is 40.3 Å². The van der Waals surface area contributed by atoms with E-state index in [9.17, 15) is 19.5 Å². The molecular formula is C57H101NO7. The van der Waals surface area contributed by atoms with Crippen LogP contribution < -0.4 is 5.11 Å². The van der Waals surface area contributed by atoms with Crippen molar-refractivity contribution in [3.05, 3.63) is 60.8 Å². The van der Waals surface area contributed by atoms with Crippen LogP contribution in [0.1, 0.15) is 232 Å². The first kappa shape index (κ1) is 62.0. The van der Waals surface area contributed by atoms with Gasteiger partial charge in [0.2, 0.25) is 0 Å². The van der Waals surface area contributed by atoms with E-state index >= 15 is 0 Å². The lowest BCUT2D eigenvalue weighted by molar-refractivity contribution is -0.889. The van der Waals surface area contributed by atoms with Gasteiger partial charge in [0.15, 0.2) is 6.10 Å². The molecule has 8 heteroatoms. The van der Waals surface area contributed by atoms with Crippen LogP contribution in [-0.2, 0) is 28.6 Å². The van der Waals surface area contributed by atoms with E-state index in [4.69, 9.17) is 14.2 Å². The maximum Gasteiger partial charge on any atom is 0.306 e. The van der Waals surface area contributed by atoms with E-state index in [1.165, 1.54) is 122 Å². The number of rotatable bonds is 48. The number of aliphatic carboxylic acids is 1. The summed E-state index contributed by atoms with van der Waals surface area (Å²) in [5.74, 6) is -1.75. The normalized spacial score (nSPS) is 13.3. The van der Waals surface area contributed by atoms with Crippen LogP contribution in [0.3, 0.4) is 0 Å². The molecule has 0 heterocycles. The van der Waals surface area contributed by atoms with Crippen molar-refractivity contribution in [1.82, 2.24) is 0 Å². The number of carbonyl (C=O) groups is 3. The van der Waals surface area contributed by atoms with Gasteiger partial charge < -0.3 is 28.6 Å². The molecule has 0 spiro atoms. The second kappa shape index (κ2) is 47.5. The van der Waals surface area contributed by atoms with Crippen LogP contribution in [0.4, 0.5) is 0 Å². The molecule has 0 N–H and O–H groups in total. The number of esters is 2. The standard InChI is InChI=1S/C57H101NO7/c1-6-8-10-12-14-16-18-20-22-24-26-27-28-29-30-32-34-36-38-40-42-44-46-48-56(60)65-53(51-63-50-49-54(57(61)62)58(3,4)5)52-64-55(59)47-45-43-41-39-37-35-33-31-25-23-21-19-17-15-13-11-9-7-2/h8,10,14,16,20,22,26-27,31,33,53-54H,6-7,9,11-13,15,17-19,21,23-25,28-30,32,34-52H2,1-5H3/b10-8+,16-14+,22-20+,27-26+,33-31+. The maximum atomic E-state index is 12.8. The molecule has 0 rings (SSSR count). The van der Waals surface area contributed by atoms with Crippen molar-refractivity contribution in [2.45, 2.75) is 244 Å². The number of allylic oxidation sites excluding steroid dienone is 10. The first-order valence-corrected chi connectivity index (χ1v) is 26.8. The zero-order chi connectivity index (χ0) is 47.7. The smallest absolute Gasteiger partial charge is 0.306 e. The van der Waals surface area contributed by atoms with E-state index in [1.807, 2.05) is 0 Å². The Morgan fingerprint density at radius 2 is 0.862 bits per heavy atom. The Labute approximate surface area is 400 Å². The fourth-order valence-electron chi connectivity index (χ4n) is 7.76. The van der Waals surface area contributed by atoms with Gasteiger partial charge in [0, 0.05) is 19.3 Å². The molecule has 0 saturated carbocycles. The summed E-state index contributed by atoms with van der Waals surface area (Å²) in [4.78, 5) is 37.1. The number of carbonyl (C=O) groups excluding carboxylic acids is 3. The average Bonchev–Trinajstić information content (AvgIpc) is 3.27. The van der Waals surface area contributed by atoms with E-state index in [0.717, 1.165) is 77.0 Å². The molecule has 0 radical (unpaired) electrons. The van der Waals surface area contributed by atoms with Gasteiger partial charge in [-0.2, -0.15) is 0 Å². The minimum Gasteiger partial charge on any atom is -0.544 e. The van der Waals surface area contributed by atoms with Crippen molar-refractivity contribution >= 4 is 17.9 Å². The Balaban J connectivity index is 4.23. The van der Waals surface area contributed by atoms with Gasteiger partial charge in [-0.05, 0) is 77.0 Å². The Kier molecular flexibility index (Phi) is 45.3. The predicted octanol–water partition coefficient (Wildman–Crippen LogP) is 14.4. The zero-order valence-electron chi connectivity index (χ0n) is 42.9. The Morgan fingerprint density at radius 3 is 1.29 bits per heavy atom. The number of likely N-dealkylation sites (N-methyl/N-ethyl adjacent to an activating group) is 1. The van der Waals surface area contributed by atoms with Crippen molar-refractivity contribution in [2.75, 3.05) is 41.0 Å². The third-order valence-corrected chi connectivity index (χ3v) is 11.9. The molecule has 0 aliphatic rings. The van der Waals surface area contributed by atoms with Crippen LogP contribution in [-0.4, -0.2) is 75.5 Å². The average molecular weight is 912 g/mol. The summed E-state index contributed by atoms with van der Waals surface area (Å²) < 4.78 is 17.3. The SMILES string of the molecule is CC/C=C/C/C=C/C/C=C/C/C=C/CCCCCCCCCCCCC(=O)OC(COCCC(C(=O)[O-])[N+](C)(C)C)COC(=O)CCCCCCC/C=C/CCCCCCCCCCC. The van der Waals surface area contributed by atoms with Crippen molar-refractivity contribution in [3.8, 4) is 0 Å². The van der Waals surface area contributed by atoms with Crippen LogP contribution >= 0.6 is 0 Å². The minimum absolute atomic E-state index is 0.0357. The quantitative estimate of drug-likeness (QED) is 0.0259. The summed E-state index contributed by atoms with van der Waals surface area (Å²) in [6.45, 7) is 4.56. The number of hydrogen-bond acceptors (Lipinski definition) is 7. The lowest BCUT2D eigenvalue weighted by Crippen LogP contribution is -2.55. The summed E-state index contributed by atoms with van der Waals surface area (Å²) in [6, 6.07) is -0.730. The third-order valence-electron chi connectivity index (χ3n) is 11.9. The van der Waals surface area contributed by atoms with Crippen molar-refractivity contribution in [1.29, 1.82) is 0 Å². The highest BCUT2D eigenvalue weighted by molar-refractivity contribution is 5.70. The Bertz CT molecular complexity index is 1250. The van der Waals surface area contributed by atoms with E-state index in [1.54, 1.807) is 21.1 Å². The minimum atomic E-state index is -1.13. The number of carboxylic acid groups (broad SMARTS) is 1. The molecule has 0 aliphatic carbocycles. The number of hydrogen-bond donors (Lipinski definition) is 0. The highest BCUT2D eigenvalue weighted by atomic mass is 16.6. The first-order valence-electron chi connectivity index (χ1n) is 26.8. The van der Waals surface area contributed by atoms with Crippen LogP contribution in [0.25, 0.3) is 0 Å². The summed E-state index contributed by atoms with van der Waals surface area (Å²) in [6.07, 6.45) is 59.6. The molecule has 0 bridgehead atoms. The van der Waals surface area contributed by atoms with E-state index < -0.39 is 18.1 Å². The third kappa shape index (κ3) is 46.0. The fourth-order valence-corrected chi connectivity index (χ4v) is 7.76. The molecule has 65 heavy (non-hydrogen) atoms. The van der Waals surface area contributed by atoms with Gasteiger partial charge >= 0.3 is 11.9 Å². The monoisotopic (exact) mass is 912 g/mol. The summed E-state index contributed by atoms with van der Waals surface area (Å²) in [5, 5.41) is 11.7. The van der Waals surface area contributed by atoms with Crippen LogP contribution in [0.5, 0.6) is 0 Å². The predicted molar refractivity (Wildman–Crippen MR) is 273 cm³/mol. The second-order valence-electron chi connectivity index (χ2n) is 19.1. The summed E-state index contributed by atoms with van der Waals surface area (Å²) in [7, 11) is 5.41. The van der Waals surface area contributed by atoms with Crippen molar-refractivity contribution in [3.63, 3.8) is 0 Å². The molecule has 0 aromatic rings. The van der Waals surface area contributed by atoms with Crippen LogP contribution in [0.15, 0.2) is 60.8 Å². The summed E-state index contributed by atoms with van der Waals surface area (Å²) >= 11 is 0. The number of ether oxygens (including phenoxy) is 3. The molecule has 8 nitrogen and oxygen atoms in total. The van der Waals surface area contributed by atoms with Crippen molar-refractivity contribution in [2.24, 2.45) is 0 Å². The molecule has 0 amide bonds. The Hall–Kier alpha value is -2.97. The molecule has 0 aromatic carbocycles. The van der Waals surface area contributed by atoms with Crippen LogP contribution in [0, 0.1) is 0 Å². The summed E-state index contributed by atoms with van der Waals surface area (Å²) in [5.41, 5.74) is 0. The van der Waals surface area contributed by atoms with Gasteiger partial charge in [0.1, 0.15) is 12.6 Å². The van der Waals surface area contributed by atoms with E-state index in [0.29, 0.717) is 12.8 Å². The largest absolute Gasteiger partial charge is 0.544 e. The Morgan fingerprint density at radius 1 is 0.477 bits per heavy atom. The van der Waals surface area contributed by atoms with Gasteiger partial charge in [-0.3, -0.25) is 9.59 Å². The highest BCUT2D eigenvalue weighted by Gasteiger charge is 2.25. The lowest BCUT2D eigenvalue weighted by Gasteiger charge is -2.34. The molecule has 0 fully saturated rings. The number of quaternary nitrogens is 1. The highest BCUT2D eigenvalue weighted by Crippen LogP contribution is 2.15. The van der Waals surface area contributed by atoms with E-state index in [2.05, 4.69) is 74.6 Å². The topological polar surface area (TPSA) is 102 Å². The zero-order valence-corrected chi connectivity index (χ0v) is 42.9. The maximum absolute atomic E-state index is 12.8. The number of nitrogens with zero attached hydrogens (tertiary/aromatic N) is 1. The van der Waals surface area contributed by atoms with E-state index in [-0.39, 0.29) is 42.7 Å². The molecule has 0 aromatic heterocycles. The molecular weight excluding hydrogens is 811 g/mol. The number of carboxylic acids is 1. The lowest BCUT2D eigenvalue weighted by atomic mass is 10.0. The second-order valence-corrected chi connectivity index (χ2v) is 19.1. The molecule has 0 saturated heterocycles. The first-order chi connectivity index (χ1) is 31.6. The van der Waals surface area contributed by atoms with Crippen molar-refractivity contribution < 1.29 is 38.2 Å². The van der Waals surface area contributed by atoms with Gasteiger partial charge in [-0.1, -0.05) is 197 Å². The number of unbranched alkanes of at least 4 members (excludes halogenated alkanes) is 24. The van der Waals surface area contributed by atoms with Crippen LogP contribution in [0.2, 0.25) is 0 Å². The van der Waals surface area contributed by atoms with Gasteiger partial charge in [-0.25, -0.2) is 0 Å². The molecule has 0 aliphatic heterocycles. The molecule has 376 valence electrons.